The van der Waals surface area contributed by atoms with E-state index in [-0.39, 0.29) is 11.5 Å². The van der Waals surface area contributed by atoms with Gasteiger partial charge in [-0.25, -0.2) is 0 Å². The van der Waals surface area contributed by atoms with E-state index in [1.165, 1.54) is 6.42 Å². The largest absolute Gasteiger partial charge is 0.341 e. The van der Waals surface area contributed by atoms with Gasteiger partial charge in [0, 0.05) is 24.5 Å². The molecule has 15 heavy (non-hydrogen) atoms. The molecule has 0 radical (unpaired) electrons. The lowest BCUT2D eigenvalue weighted by Gasteiger charge is -2.42. The first kappa shape index (κ1) is 10.9. The second kappa shape index (κ2) is 4.12. The molecule has 2 fully saturated rings. The summed E-state index contributed by atoms with van der Waals surface area (Å²) in [5.74, 6) is 0.392. The number of nitrogens with two attached hydrogens (primary N) is 1. The van der Waals surface area contributed by atoms with Gasteiger partial charge in [0.2, 0.25) is 5.91 Å². The first-order chi connectivity index (χ1) is 7.18. The standard InChI is InChI=1S/C12H22N2O/c1-2-5-12(6-3-7-12)11(15)14-8-4-10(13)9-14/h10H,2-9,13H2,1H3/t10-/m0/s1. The topological polar surface area (TPSA) is 46.3 Å². The SMILES string of the molecule is CCCC1(C(=O)N2CC[C@H](N)C2)CCC1. The van der Waals surface area contributed by atoms with E-state index >= 15 is 0 Å². The highest BCUT2D eigenvalue weighted by Crippen LogP contribution is 2.46. The minimum absolute atomic E-state index is 0.0127. The summed E-state index contributed by atoms with van der Waals surface area (Å²) in [4.78, 5) is 14.4. The maximum absolute atomic E-state index is 12.4. The van der Waals surface area contributed by atoms with E-state index in [0.717, 1.165) is 45.2 Å². The fourth-order valence-corrected chi connectivity index (χ4v) is 2.96. The average Bonchev–Trinajstić information content (AvgIpc) is 2.57. The summed E-state index contributed by atoms with van der Waals surface area (Å²) >= 11 is 0. The molecule has 0 unspecified atom stereocenters. The molecular weight excluding hydrogens is 188 g/mol. The third-order valence-electron chi connectivity index (χ3n) is 4.00. The summed E-state index contributed by atoms with van der Waals surface area (Å²) in [5, 5.41) is 0. The molecule has 0 aromatic carbocycles. The monoisotopic (exact) mass is 210 g/mol. The van der Waals surface area contributed by atoms with Crippen LogP contribution in [0.1, 0.15) is 45.4 Å². The highest BCUT2D eigenvalue weighted by atomic mass is 16.2. The summed E-state index contributed by atoms with van der Waals surface area (Å²) in [6.45, 7) is 3.83. The second-order valence-electron chi connectivity index (χ2n) is 5.18. The van der Waals surface area contributed by atoms with Crippen LogP contribution in [-0.2, 0) is 4.79 Å². The van der Waals surface area contributed by atoms with Gasteiger partial charge in [0.1, 0.15) is 0 Å². The quantitative estimate of drug-likeness (QED) is 0.767. The van der Waals surface area contributed by atoms with Gasteiger partial charge in [-0.1, -0.05) is 19.8 Å². The van der Waals surface area contributed by atoms with Crippen molar-refractivity contribution in [1.82, 2.24) is 4.90 Å². The molecule has 3 nitrogen and oxygen atoms in total. The van der Waals surface area contributed by atoms with Crippen LogP contribution >= 0.6 is 0 Å². The Kier molecular flexibility index (Phi) is 3.01. The maximum atomic E-state index is 12.4. The zero-order chi connectivity index (χ0) is 10.9. The summed E-state index contributed by atoms with van der Waals surface area (Å²) < 4.78 is 0. The predicted molar refractivity (Wildman–Crippen MR) is 60.4 cm³/mol. The Balaban J connectivity index is 1.99. The van der Waals surface area contributed by atoms with E-state index in [0.29, 0.717) is 5.91 Å². The van der Waals surface area contributed by atoms with Crippen LogP contribution in [0.3, 0.4) is 0 Å². The van der Waals surface area contributed by atoms with Crippen molar-refractivity contribution in [3.8, 4) is 0 Å². The summed E-state index contributed by atoms with van der Waals surface area (Å²) in [6, 6.07) is 0.215. The number of likely N-dealkylation sites (tertiary alicyclic amines) is 1. The van der Waals surface area contributed by atoms with E-state index in [2.05, 4.69) is 6.92 Å². The van der Waals surface area contributed by atoms with Crippen LogP contribution < -0.4 is 5.73 Å². The molecule has 0 spiro atoms. The summed E-state index contributed by atoms with van der Waals surface area (Å²) in [6.07, 6.45) is 6.60. The Morgan fingerprint density at radius 3 is 2.67 bits per heavy atom. The Morgan fingerprint density at radius 2 is 2.27 bits per heavy atom. The highest BCUT2D eigenvalue weighted by molar-refractivity contribution is 5.83. The molecule has 86 valence electrons. The zero-order valence-electron chi connectivity index (χ0n) is 9.67. The number of amides is 1. The van der Waals surface area contributed by atoms with Crippen LogP contribution in [0, 0.1) is 5.41 Å². The molecule has 1 atom stereocenters. The Hall–Kier alpha value is -0.570. The molecule has 1 aliphatic carbocycles. The van der Waals surface area contributed by atoms with Crippen LogP contribution in [0.15, 0.2) is 0 Å². The summed E-state index contributed by atoms with van der Waals surface area (Å²) in [5.41, 5.74) is 5.86. The first-order valence-corrected chi connectivity index (χ1v) is 6.23. The summed E-state index contributed by atoms with van der Waals surface area (Å²) in [7, 11) is 0. The molecule has 0 aromatic rings. The van der Waals surface area contributed by atoms with Crippen molar-refractivity contribution in [2.24, 2.45) is 11.1 Å². The molecule has 1 aliphatic heterocycles. The van der Waals surface area contributed by atoms with Gasteiger partial charge >= 0.3 is 0 Å². The molecule has 1 saturated carbocycles. The lowest BCUT2D eigenvalue weighted by Crippen LogP contribution is -2.47. The zero-order valence-corrected chi connectivity index (χ0v) is 9.67. The van der Waals surface area contributed by atoms with E-state index in [9.17, 15) is 4.79 Å². The number of carbonyl (C=O) groups is 1. The van der Waals surface area contributed by atoms with Crippen molar-refractivity contribution in [3.63, 3.8) is 0 Å². The van der Waals surface area contributed by atoms with Crippen molar-refractivity contribution in [3.05, 3.63) is 0 Å². The van der Waals surface area contributed by atoms with Crippen molar-refractivity contribution in [2.75, 3.05) is 13.1 Å². The van der Waals surface area contributed by atoms with Crippen LogP contribution in [0.25, 0.3) is 0 Å². The first-order valence-electron chi connectivity index (χ1n) is 6.23. The average molecular weight is 210 g/mol. The fraction of sp³-hybridized carbons (Fsp3) is 0.917. The lowest BCUT2D eigenvalue weighted by molar-refractivity contribution is -0.147. The number of hydrogen-bond donors (Lipinski definition) is 1. The van der Waals surface area contributed by atoms with Crippen molar-refractivity contribution < 1.29 is 4.79 Å². The predicted octanol–water partition coefficient (Wildman–Crippen LogP) is 1.52. The molecule has 0 bridgehead atoms. The minimum Gasteiger partial charge on any atom is -0.341 e. The molecule has 2 aliphatic rings. The van der Waals surface area contributed by atoms with Crippen LogP contribution in [0.4, 0.5) is 0 Å². The lowest BCUT2D eigenvalue weighted by atomic mass is 9.65. The minimum atomic E-state index is 0.0127. The number of nitrogens with zero attached hydrogens (tertiary/aromatic N) is 1. The van der Waals surface area contributed by atoms with Crippen LogP contribution in [0.5, 0.6) is 0 Å². The Labute approximate surface area is 92.0 Å². The highest BCUT2D eigenvalue weighted by Gasteiger charge is 2.46. The van der Waals surface area contributed by atoms with Crippen LogP contribution in [-0.4, -0.2) is 29.9 Å². The number of carbonyl (C=O) groups excluding carboxylic acids is 1. The van der Waals surface area contributed by atoms with Gasteiger partial charge in [-0.05, 0) is 25.7 Å². The van der Waals surface area contributed by atoms with Gasteiger partial charge in [-0.3, -0.25) is 4.79 Å². The smallest absolute Gasteiger partial charge is 0.228 e. The van der Waals surface area contributed by atoms with E-state index in [1.807, 2.05) is 4.90 Å². The fourth-order valence-electron chi connectivity index (χ4n) is 2.96. The molecule has 1 amide bonds. The molecular formula is C12H22N2O. The van der Waals surface area contributed by atoms with E-state index in [4.69, 9.17) is 5.73 Å². The third kappa shape index (κ3) is 1.89. The number of hydrogen-bond acceptors (Lipinski definition) is 2. The van der Waals surface area contributed by atoms with Gasteiger partial charge in [-0.15, -0.1) is 0 Å². The van der Waals surface area contributed by atoms with Gasteiger partial charge in [0.25, 0.3) is 0 Å². The van der Waals surface area contributed by atoms with Crippen molar-refractivity contribution in [2.45, 2.75) is 51.5 Å². The van der Waals surface area contributed by atoms with Crippen molar-refractivity contribution in [1.29, 1.82) is 0 Å². The van der Waals surface area contributed by atoms with Crippen LogP contribution in [0.2, 0.25) is 0 Å². The Bertz CT molecular complexity index is 248. The van der Waals surface area contributed by atoms with E-state index in [1.54, 1.807) is 0 Å². The second-order valence-corrected chi connectivity index (χ2v) is 5.18. The molecule has 1 saturated heterocycles. The molecule has 3 heteroatoms. The van der Waals surface area contributed by atoms with Gasteiger partial charge in [-0.2, -0.15) is 0 Å². The molecule has 1 heterocycles. The molecule has 2 N–H and O–H groups in total. The van der Waals surface area contributed by atoms with Crippen molar-refractivity contribution >= 4 is 5.91 Å². The van der Waals surface area contributed by atoms with Gasteiger partial charge < -0.3 is 10.6 Å². The number of rotatable bonds is 3. The Morgan fingerprint density at radius 1 is 1.53 bits per heavy atom. The van der Waals surface area contributed by atoms with E-state index < -0.39 is 0 Å². The maximum Gasteiger partial charge on any atom is 0.228 e. The van der Waals surface area contributed by atoms with Gasteiger partial charge in [0.15, 0.2) is 0 Å². The molecule has 0 aromatic heterocycles. The third-order valence-corrected chi connectivity index (χ3v) is 4.00. The molecule has 2 rings (SSSR count). The normalized spacial score (nSPS) is 28.9. The van der Waals surface area contributed by atoms with Gasteiger partial charge in [0.05, 0.1) is 0 Å².